The van der Waals surface area contributed by atoms with E-state index in [-0.39, 0.29) is 5.78 Å². The lowest BCUT2D eigenvalue weighted by Crippen LogP contribution is -1.95. The van der Waals surface area contributed by atoms with Crippen molar-refractivity contribution in [2.45, 2.75) is 99.3 Å². The summed E-state index contributed by atoms with van der Waals surface area (Å²) < 4.78 is 0. The Hall–Kier alpha value is -1.11. The van der Waals surface area contributed by atoms with Crippen LogP contribution < -0.4 is 0 Å². The van der Waals surface area contributed by atoms with E-state index in [1.54, 1.807) is 6.92 Å². The maximum Gasteiger partial charge on any atom is 0.130 e. The van der Waals surface area contributed by atoms with Crippen LogP contribution in [0.1, 0.15) is 99.3 Å². The first-order chi connectivity index (χ1) is 11.3. The monoisotopic (exact) mass is 332 g/mol. The van der Waals surface area contributed by atoms with Gasteiger partial charge in [-0.2, -0.15) is 0 Å². The number of ketones is 1. The molecule has 1 nitrogen and oxygen atoms in total. The fraction of sp³-hybridized carbons (Fsp3) is 0.696. The highest BCUT2D eigenvalue weighted by Gasteiger charge is 2.02. The molecule has 0 saturated heterocycles. The maximum atomic E-state index is 10.9. The van der Waals surface area contributed by atoms with E-state index in [0.717, 1.165) is 12.3 Å². The quantitative estimate of drug-likeness (QED) is 0.318. The van der Waals surface area contributed by atoms with Crippen molar-refractivity contribution < 1.29 is 4.79 Å². The lowest BCUT2D eigenvalue weighted by atomic mass is 9.96. The molecule has 0 aromatic heterocycles. The summed E-state index contributed by atoms with van der Waals surface area (Å²) in [6, 6.07) is 0. The summed E-state index contributed by atoms with van der Waals surface area (Å²) in [7, 11) is 0. The maximum absolute atomic E-state index is 10.9. The average Bonchev–Trinajstić information content (AvgIpc) is 2.46. The molecule has 0 aromatic rings. The van der Waals surface area contributed by atoms with Gasteiger partial charge in [0.15, 0.2) is 0 Å². The molecule has 0 bridgehead atoms. The summed E-state index contributed by atoms with van der Waals surface area (Å²) in [6.45, 7) is 12.8. The van der Waals surface area contributed by atoms with Crippen LogP contribution in [0.2, 0.25) is 0 Å². The summed E-state index contributed by atoms with van der Waals surface area (Å²) in [5, 5.41) is 0. The predicted octanol–water partition coefficient (Wildman–Crippen LogP) is 7.58. The smallest absolute Gasteiger partial charge is 0.130 e. The summed E-state index contributed by atoms with van der Waals surface area (Å²) in [4.78, 5) is 10.9. The van der Waals surface area contributed by atoms with Crippen LogP contribution in [0, 0.1) is 5.92 Å². The Labute approximate surface area is 151 Å². The molecule has 0 aliphatic heterocycles. The van der Waals surface area contributed by atoms with Gasteiger partial charge < -0.3 is 4.79 Å². The standard InChI is InChI=1S/C23H40O/c1-19(2)11-7-12-20(3)13-8-14-21(4)15-9-16-22(5)17-10-18-23(6)24/h11,13,17,21H,7-10,12,14-16,18H2,1-6H3/b20-13+,22-17-. The Kier molecular flexibility index (Phi) is 13.6. The highest BCUT2D eigenvalue weighted by molar-refractivity contribution is 5.75. The molecule has 0 amide bonds. The molecule has 0 rings (SSSR count). The third kappa shape index (κ3) is 15.8. The minimum absolute atomic E-state index is 0.289. The van der Waals surface area contributed by atoms with Gasteiger partial charge in [-0.1, -0.05) is 48.3 Å². The average molecular weight is 333 g/mol. The van der Waals surface area contributed by atoms with Crippen molar-refractivity contribution in [2.75, 3.05) is 0 Å². The lowest BCUT2D eigenvalue weighted by Gasteiger charge is -2.10. The van der Waals surface area contributed by atoms with E-state index in [9.17, 15) is 4.79 Å². The zero-order valence-corrected chi connectivity index (χ0v) is 17.1. The Bertz CT molecular complexity index is 433. The SMILES string of the molecule is CC(=O)CC/C=C(/C)CCCC(C)CC/C=C(\C)CCC=C(C)C. The molecule has 0 saturated carbocycles. The van der Waals surface area contributed by atoms with Crippen molar-refractivity contribution in [3.8, 4) is 0 Å². The number of Topliss-reactive ketones (excluding diaryl/α,β-unsaturated/α-hetero) is 1. The van der Waals surface area contributed by atoms with Gasteiger partial charge in [-0.3, -0.25) is 0 Å². The summed E-state index contributed by atoms with van der Waals surface area (Å²) in [5.74, 6) is 1.09. The van der Waals surface area contributed by atoms with Crippen molar-refractivity contribution in [2.24, 2.45) is 5.92 Å². The number of hydrogen-bond acceptors (Lipinski definition) is 1. The van der Waals surface area contributed by atoms with Crippen LogP contribution in [0.4, 0.5) is 0 Å². The van der Waals surface area contributed by atoms with E-state index in [0.29, 0.717) is 6.42 Å². The lowest BCUT2D eigenvalue weighted by molar-refractivity contribution is -0.116. The zero-order chi connectivity index (χ0) is 18.4. The Balaban J connectivity index is 3.80. The van der Waals surface area contributed by atoms with Crippen LogP contribution in [0.25, 0.3) is 0 Å². The topological polar surface area (TPSA) is 17.1 Å². The molecule has 0 radical (unpaired) electrons. The minimum atomic E-state index is 0.289. The normalized spacial score (nSPS) is 13.8. The number of rotatable bonds is 13. The molecular formula is C23H40O. The molecule has 1 atom stereocenters. The van der Waals surface area contributed by atoms with E-state index in [1.165, 1.54) is 61.7 Å². The van der Waals surface area contributed by atoms with Crippen molar-refractivity contribution in [1.82, 2.24) is 0 Å². The Morgan fingerprint density at radius 3 is 1.96 bits per heavy atom. The molecular weight excluding hydrogens is 292 g/mol. The minimum Gasteiger partial charge on any atom is -0.300 e. The molecule has 138 valence electrons. The molecule has 0 aliphatic carbocycles. The number of carbonyl (C=O) groups is 1. The predicted molar refractivity (Wildman–Crippen MR) is 108 cm³/mol. The van der Waals surface area contributed by atoms with Gasteiger partial charge in [-0.15, -0.1) is 0 Å². The second-order valence-electron chi connectivity index (χ2n) is 7.74. The molecule has 0 heterocycles. The van der Waals surface area contributed by atoms with Gasteiger partial charge in [0.1, 0.15) is 5.78 Å². The molecule has 0 aromatic carbocycles. The van der Waals surface area contributed by atoms with E-state index >= 15 is 0 Å². The third-order valence-electron chi connectivity index (χ3n) is 4.50. The van der Waals surface area contributed by atoms with Gasteiger partial charge in [-0.25, -0.2) is 0 Å². The fourth-order valence-corrected chi connectivity index (χ4v) is 2.80. The molecule has 0 fully saturated rings. The molecule has 0 aliphatic rings. The van der Waals surface area contributed by atoms with E-state index < -0.39 is 0 Å². The van der Waals surface area contributed by atoms with Gasteiger partial charge in [0.2, 0.25) is 0 Å². The van der Waals surface area contributed by atoms with Crippen molar-refractivity contribution >= 4 is 5.78 Å². The first-order valence-electron chi connectivity index (χ1n) is 9.75. The molecule has 1 heteroatoms. The van der Waals surface area contributed by atoms with Crippen LogP contribution in [0.3, 0.4) is 0 Å². The Morgan fingerprint density at radius 1 is 0.750 bits per heavy atom. The van der Waals surface area contributed by atoms with Crippen LogP contribution in [-0.2, 0) is 4.79 Å². The van der Waals surface area contributed by atoms with Crippen molar-refractivity contribution in [3.05, 3.63) is 34.9 Å². The van der Waals surface area contributed by atoms with Crippen LogP contribution >= 0.6 is 0 Å². The molecule has 1 unspecified atom stereocenters. The van der Waals surface area contributed by atoms with Gasteiger partial charge in [0.05, 0.1) is 0 Å². The van der Waals surface area contributed by atoms with Crippen LogP contribution in [-0.4, -0.2) is 5.78 Å². The second-order valence-corrected chi connectivity index (χ2v) is 7.74. The molecule has 0 N–H and O–H groups in total. The first kappa shape index (κ1) is 22.9. The zero-order valence-electron chi connectivity index (χ0n) is 17.1. The first-order valence-corrected chi connectivity index (χ1v) is 9.75. The van der Waals surface area contributed by atoms with E-state index in [2.05, 4.69) is 52.8 Å². The third-order valence-corrected chi connectivity index (χ3v) is 4.50. The van der Waals surface area contributed by atoms with E-state index in [4.69, 9.17) is 0 Å². The van der Waals surface area contributed by atoms with Gasteiger partial charge >= 0.3 is 0 Å². The second kappa shape index (κ2) is 14.3. The number of carbonyl (C=O) groups excluding carboxylic acids is 1. The van der Waals surface area contributed by atoms with Gasteiger partial charge in [0, 0.05) is 6.42 Å². The molecule has 24 heavy (non-hydrogen) atoms. The van der Waals surface area contributed by atoms with Gasteiger partial charge in [0.25, 0.3) is 0 Å². The van der Waals surface area contributed by atoms with Gasteiger partial charge in [-0.05, 0) is 85.5 Å². The van der Waals surface area contributed by atoms with Crippen LogP contribution in [0.15, 0.2) is 34.9 Å². The number of allylic oxidation sites excluding steroid dienone is 6. The highest BCUT2D eigenvalue weighted by atomic mass is 16.1. The highest BCUT2D eigenvalue weighted by Crippen LogP contribution is 2.18. The van der Waals surface area contributed by atoms with Crippen LogP contribution in [0.5, 0.6) is 0 Å². The van der Waals surface area contributed by atoms with E-state index in [1.807, 2.05) is 0 Å². The summed E-state index contributed by atoms with van der Waals surface area (Å²) in [6.07, 6.45) is 17.2. The fourth-order valence-electron chi connectivity index (χ4n) is 2.80. The summed E-state index contributed by atoms with van der Waals surface area (Å²) in [5.41, 5.74) is 4.39. The van der Waals surface area contributed by atoms with Crippen molar-refractivity contribution in [3.63, 3.8) is 0 Å². The summed E-state index contributed by atoms with van der Waals surface area (Å²) >= 11 is 0. The van der Waals surface area contributed by atoms with Crippen molar-refractivity contribution in [1.29, 1.82) is 0 Å². The largest absolute Gasteiger partial charge is 0.300 e. The Morgan fingerprint density at radius 2 is 1.33 bits per heavy atom. The molecule has 0 spiro atoms. The number of hydrogen-bond donors (Lipinski definition) is 0.